The first-order valence-corrected chi connectivity index (χ1v) is 6.96. The maximum absolute atomic E-state index is 11.6. The molecule has 1 fully saturated rings. The van der Waals surface area contributed by atoms with E-state index in [1.54, 1.807) is 0 Å². The normalized spacial score (nSPS) is 14.4. The minimum Gasteiger partial charge on any atom is -0.438 e. The van der Waals surface area contributed by atoms with E-state index in [0.717, 1.165) is 28.7 Å². The second kappa shape index (κ2) is 4.81. The molecular weight excluding hydrogens is 308 g/mol. The first-order chi connectivity index (χ1) is 9.11. The van der Waals surface area contributed by atoms with Crippen molar-refractivity contribution in [2.24, 2.45) is 0 Å². The Bertz CT molecular complexity index is 677. The number of aromatic nitrogens is 2. The summed E-state index contributed by atoms with van der Waals surface area (Å²) in [5.74, 6) is 2.19. The highest BCUT2D eigenvalue weighted by atomic mass is 79.9. The molecular formula is C14H13BrN2O2. The van der Waals surface area contributed by atoms with Crippen molar-refractivity contribution in [1.29, 1.82) is 0 Å². The molecule has 1 heterocycles. The van der Waals surface area contributed by atoms with Crippen molar-refractivity contribution in [2.45, 2.75) is 25.7 Å². The fraction of sp³-hybridized carbons (Fsp3) is 0.286. The number of hydrogen-bond donors (Lipinski definition) is 1. The van der Waals surface area contributed by atoms with Gasteiger partial charge in [-0.3, -0.25) is 4.79 Å². The summed E-state index contributed by atoms with van der Waals surface area (Å²) >= 11 is 3.41. The summed E-state index contributed by atoms with van der Waals surface area (Å²) in [6, 6.07) is 7.11. The van der Waals surface area contributed by atoms with Crippen LogP contribution in [0.5, 0.6) is 11.6 Å². The van der Waals surface area contributed by atoms with Crippen LogP contribution in [0.3, 0.4) is 0 Å². The lowest BCUT2D eigenvalue weighted by Crippen LogP contribution is -2.10. The summed E-state index contributed by atoms with van der Waals surface area (Å²) in [5.41, 5.74) is 0.825. The van der Waals surface area contributed by atoms with Gasteiger partial charge in [-0.1, -0.05) is 15.9 Å². The highest BCUT2D eigenvalue weighted by molar-refractivity contribution is 9.10. The topological polar surface area (TPSA) is 55.0 Å². The average Bonchev–Trinajstić information content (AvgIpc) is 3.16. The molecule has 1 aromatic carbocycles. The number of H-pyrrole nitrogens is 1. The zero-order valence-corrected chi connectivity index (χ0v) is 12.0. The molecule has 0 bridgehead atoms. The zero-order chi connectivity index (χ0) is 13.4. The Balaban J connectivity index is 1.92. The minimum absolute atomic E-state index is 0.165. The fourth-order valence-electron chi connectivity index (χ4n) is 1.90. The molecule has 1 aliphatic rings. The summed E-state index contributed by atoms with van der Waals surface area (Å²) in [4.78, 5) is 18.7. The van der Waals surface area contributed by atoms with Crippen molar-refractivity contribution < 1.29 is 4.74 Å². The molecule has 0 radical (unpaired) electrons. The molecule has 0 amide bonds. The van der Waals surface area contributed by atoms with E-state index in [0.29, 0.717) is 17.5 Å². The van der Waals surface area contributed by atoms with Crippen LogP contribution in [-0.2, 0) is 0 Å². The lowest BCUT2D eigenvalue weighted by Gasteiger charge is -2.08. The highest BCUT2D eigenvalue weighted by Gasteiger charge is 2.26. The van der Waals surface area contributed by atoms with Gasteiger partial charge in [-0.15, -0.1) is 0 Å². The second-order valence-electron chi connectivity index (χ2n) is 4.76. The van der Waals surface area contributed by atoms with Crippen molar-refractivity contribution in [1.82, 2.24) is 9.97 Å². The van der Waals surface area contributed by atoms with Crippen LogP contribution in [-0.4, -0.2) is 9.97 Å². The number of nitrogens with one attached hydrogen (secondary N) is 1. The number of halogens is 1. The van der Waals surface area contributed by atoms with Gasteiger partial charge in [0.05, 0.1) is 6.07 Å². The molecule has 0 aliphatic heterocycles. The molecule has 4 nitrogen and oxygen atoms in total. The van der Waals surface area contributed by atoms with Crippen molar-refractivity contribution in [3.63, 3.8) is 0 Å². The molecule has 0 atom stereocenters. The lowest BCUT2D eigenvalue weighted by molar-refractivity contribution is 0.454. The first-order valence-electron chi connectivity index (χ1n) is 6.17. The van der Waals surface area contributed by atoms with Gasteiger partial charge in [0.2, 0.25) is 5.88 Å². The summed E-state index contributed by atoms with van der Waals surface area (Å²) in [6.45, 7) is 1.95. The minimum atomic E-state index is -0.165. The predicted molar refractivity (Wildman–Crippen MR) is 75.8 cm³/mol. The number of nitrogens with zero attached hydrogens (tertiary/aromatic N) is 1. The Morgan fingerprint density at radius 2 is 2.16 bits per heavy atom. The third kappa shape index (κ3) is 2.87. The van der Waals surface area contributed by atoms with Gasteiger partial charge in [0.15, 0.2) is 0 Å². The molecule has 19 heavy (non-hydrogen) atoms. The molecule has 1 aliphatic carbocycles. The van der Waals surface area contributed by atoms with Crippen molar-refractivity contribution in [2.75, 3.05) is 0 Å². The van der Waals surface area contributed by atoms with Crippen LogP contribution in [0.25, 0.3) is 0 Å². The number of aromatic amines is 1. The number of hydrogen-bond acceptors (Lipinski definition) is 3. The Morgan fingerprint density at radius 3 is 2.84 bits per heavy atom. The molecule has 2 aromatic rings. The Morgan fingerprint density at radius 1 is 1.37 bits per heavy atom. The van der Waals surface area contributed by atoms with Crippen LogP contribution in [0.1, 0.15) is 30.1 Å². The van der Waals surface area contributed by atoms with E-state index in [1.807, 2.05) is 25.1 Å². The molecule has 98 valence electrons. The average molecular weight is 321 g/mol. The Kier molecular flexibility index (Phi) is 3.14. The maximum Gasteiger partial charge on any atom is 0.254 e. The van der Waals surface area contributed by atoms with Crippen LogP contribution >= 0.6 is 15.9 Å². The van der Waals surface area contributed by atoms with Crippen LogP contribution in [0.15, 0.2) is 33.5 Å². The van der Waals surface area contributed by atoms with Gasteiger partial charge in [-0.05, 0) is 43.5 Å². The second-order valence-corrected chi connectivity index (χ2v) is 5.67. The summed E-state index contributed by atoms with van der Waals surface area (Å²) in [6.07, 6.45) is 2.17. The van der Waals surface area contributed by atoms with E-state index in [4.69, 9.17) is 4.74 Å². The van der Waals surface area contributed by atoms with Crippen LogP contribution in [0.4, 0.5) is 0 Å². The van der Waals surface area contributed by atoms with Crippen LogP contribution < -0.4 is 10.3 Å². The first kappa shape index (κ1) is 12.4. The van der Waals surface area contributed by atoms with Gasteiger partial charge in [0.1, 0.15) is 11.6 Å². The summed E-state index contributed by atoms with van der Waals surface area (Å²) in [7, 11) is 0. The van der Waals surface area contributed by atoms with Gasteiger partial charge in [0, 0.05) is 10.4 Å². The van der Waals surface area contributed by atoms with Gasteiger partial charge < -0.3 is 9.72 Å². The number of rotatable bonds is 3. The van der Waals surface area contributed by atoms with E-state index < -0.39 is 0 Å². The molecule has 3 rings (SSSR count). The third-order valence-electron chi connectivity index (χ3n) is 3.05. The van der Waals surface area contributed by atoms with E-state index in [-0.39, 0.29) is 5.56 Å². The lowest BCUT2D eigenvalue weighted by atomic mass is 10.2. The molecule has 5 heteroatoms. The summed E-state index contributed by atoms with van der Waals surface area (Å²) in [5, 5.41) is 0. The van der Waals surface area contributed by atoms with Gasteiger partial charge in [0.25, 0.3) is 5.56 Å². The fourth-order valence-corrected chi connectivity index (χ4v) is 2.37. The van der Waals surface area contributed by atoms with Gasteiger partial charge in [-0.2, -0.15) is 4.98 Å². The monoisotopic (exact) mass is 320 g/mol. The summed E-state index contributed by atoms with van der Waals surface area (Å²) < 4.78 is 6.71. The Hall–Kier alpha value is -1.62. The largest absolute Gasteiger partial charge is 0.438 e. The quantitative estimate of drug-likeness (QED) is 0.941. The van der Waals surface area contributed by atoms with Gasteiger partial charge in [-0.25, -0.2) is 0 Å². The van der Waals surface area contributed by atoms with E-state index in [9.17, 15) is 4.79 Å². The highest BCUT2D eigenvalue weighted by Crippen LogP contribution is 2.38. The van der Waals surface area contributed by atoms with Crippen molar-refractivity contribution in [3.05, 3.63) is 50.5 Å². The van der Waals surface area contributed by atoms with Crippen LogP contribution in [0.2, 0.25) is 0 Å². The SMILES string of the molecule is Cc1cc(Br)ccc1Oc1cc(=O)[nH]c(C2CC2)n1. The predicted octanol–water partition coefficient (Wildman–Crippen LogP) is 3.51. The maximum atomic E-state index is 11.6. The molecule has 0 spiro atoms. The molecule has 1 N–H and O–H groups in total. The molecule has 1 aromatic heterocycles. The third-order valence-corrected chi connectivity index (χ3v) is 3.55. The number of aryl methyl sites for hydroxylation is 1. The Labute approximate surface area is 119 Å². The molecule has 0 saturated heterocycles. The van der Waals surface area contributed by atoms with E-state index in [2.05, 4.69) is 25.9 Å². The van der Waals surface area contributed by atoms with Crippen molar-refractivity contribution in [3.8, 4) is 11.6 Å². The molecule has 0 unspecified atom stereocenters. The number of benzene rings is 1. The molecule has 1 saturated carbocycles. The van der Waals surface area contributed by atoms with Crippen LogP contribution in [0, 0.1) is 6.92 Å². The van der Waals surface area contributed by atoms with E-state index >= 15 is 0 Å². The smallest absolute Gasteiger partial charge is 0.254 e. The zero-order valence-electron chi connectivity index (χ0n) is 10.4. The number of ether oxygens (including phenoxy) is 1. The van der Waals surface area contributed by atoms with E-state index in [1.165, 1.54) is 6.07 Å². The van der Waals surface area contributed by atoms with Crippen molar-refractivity contribution >= 4 is 15.9 Å². The standard InChI is InChI=1S/C14H13BrN2O2/c1-8-6-10(15)4-5-11(8)19-13-7-12(18)16-14(17-13)9-2-3-9/h4-7,9H,2-3H2,1H3,(H,16,17,18). The van der Waals surface area contributed by atoms with Gasteiger partial charge >= 0.3 is 0 Å².